The van der Waals surface area contributed by atoms with Gasteiger partial charge in [-0.25, -0.2) is 15.0 Å². The topological polar surface area (TPSA) is 41.9 Å². The number of hydrogen-bond acceptors (Lipinski definition) is 5. The lowest BCUT2D eigenvalue weighted by atomic mass is 9.95. The molecule has 134 valence electrons. The van der Waals surface area contributed by atoms with Crippen LogP contribution >= 0.6 is 11.3 Å². The van der Waals surface area contributed by atoms with Crippen LogP contribution in [0.2, 0.25) is 0 Å². The van der Waals surface area contributed by atoms with Crippen molar-refractivity contribution in [1.29, 1.82) is 0 Å². The van der Waals surface area contributed by atoms with Crippen LogP contribution in [0, 0.1) is 0 Å². The first-order valence-corrected chi connectivity index (χ1v) is 9.88. The van der Waals surface area contributed by atoms with E-state index in [0.29, 0.717) is 0 Å². The molecule has 4 rings (SSSR count). The van der Waals surface area contributed by atoms with Gasteiger partial charge in [-0.05, 0) is 0 Å². The molecule has 0 atom stereocenters. The van der Waals surface area contributed by atoms with Crippen molar-refractivity contribution in [3.63, 3.8) is 0 Å². The summed E-state index contributed by atoms with van der Waals surface area (Å²) in [5, 5.41) is 1.09. The van der Waals surface area contributed by atoms with Crippen molar-refractivity contribution < 1.29 is 0 Å². The van der Waals surface area contributed by atoms with Gasteiger partial charge in [0.25, 0.3) is 0 Å². The van der Waals surface area contributed by atoms with E-state index in [1.54, 1.807) is 11.3 Å². The molecule has 3 heterocycles. The van der Waals surface area contributed by atoms with E-state index >= 15 is 0 Å². The number of nitrogens with zero attached hydrogens (tertiary/aromatic N) is 4. The number of fused-ring (bicyclic) bond motifs is 1. The summed E-state index contributed by atoms with van der Waals surface area (Å²) in [4.78, 5) is 17.8. The molecule has 0 bridgehead atoms. The maximum Gasteiger partial charge on any atom is 0.133 e. The third kappa shape index (κ3) is 3.69. The van der Waals surface area contributed by atoms with Crippen LogP contribution in [-0.4, -0.2) is 26.4 Å². The highest BCUT2D eigenvalue weighted by Gasteiger charge is 2.23. The Labute approximate surface area is 159 Å². The van der Waals surface area contributed by atoms with Crippen LogP contribution in [0.4, 0.5) is 0 Å². The van der Waals surface area contributed by atoms with Crippen LogP contribution in [0.25, 0.3) is 10.6 Å². The first kappa shape index (κ1) is 17.3. The average molecular weight is 365 g/mol. The van der Waals surface area contributed by atoms with E-state index in [2.05, 4.69) is 59.9 Å². The fourth-order valence-electron chi connectivity index (χ4n) is 3.19. The summed E-state index contributed by atoms with van der Waals surface area (Å²) >= 11 is 1.78. The van der Waals surface area contributed by atoms with Crippen LogP contribution < -0.4 is 0 Å². The number of hydrogen-bond donors (Lipinski definition) is 0. The molecule has 1 aliphatic heterocycles. The highest BCUT2D eigenvalue weighted by atomic mass is 32.1. The molecule has 0 unspecified atom stereocenters. The Morgan fingerprint density at radius 1 is 1.08 bits per heavy atom. The van der Waals surface area contributed by atoms with Gasteiger partial charge < -0.3 is 0 Å². The minimum atomic E-state index is 0.00262. The Morgan fingerprint density at radius 3 is 2.65 bits per heavy atom. The van der Waals surface area contributed by atoms with Crippen LogP contribution in [0.1, 0.15) is 42.7 Å². The van der Waals surface area contributed by atoms with Crippen molar-refractivity contribution in [2.24, 2.45) is 0 Å². The quantitative estimate of drug-likeness (QED) is 0.688. The minimum Gasteiger partial charge on any atom is -0.293 e. The van der Waals surface area contributed by atoms with Gasteiger partial charge >= 0.3 is 0 Å². The second-order valence-electron chi connectivity index (χ2n) is 7.87. The van der Waals surface area contributed by atoms with Crippen molar-refractivity contribution >= 4 is 11.3 Å². The first-order chi connectivity index (χ1) is 12.5. The van der Waals surface area contributed by atoms with Crippen LogP contribution in [0.3, 0.4) is 0 Å². The molecular weight excluding hydrogens is 340 g/mol. The van der Waals surface area contributed by atoms with Crippen molar-refractivity contribution in [2.75, 3.05) is 6.54 Å². The Bertz CT molecular complexity index is 896. The zero-order valence-corrected chi connectivity index (χ0v) is 16.4. The van der Waals surface area contributed by atoms with Gasteiger partial charge in [0.05, 0.1) is 0 Å². The van der Waals surface area contributed by atoms with Crippen molar-refractivity contribution in [2.45, 2.75) is 45.7 Å². The molecule has 0 aliphatic carbocycles. The fraction of sp³-hybridized carbons (Fsp3) is 0.381. The predicted molar refractivity (Wildman–Crippen MR) is 106 cm³/mol. The van der Waals surface area contributed by atoms with Crippen molar-refractivity contribution in [3.8, 4) is 10.6 Å². The van der Waals surface area contributed by atoms with Crippen molar-refractivity contribution in [1.82, 2.24) is 19.9 Å². The maximum atomic E-state index is 4.82. The van der Waals surface area contributed by atoms with Gasteiger partial charge in [0.15, 0.2) is 0 Å². The molecular formula is C21H24N4S. The van der Waals surface area contributed by atoms with E-state index in [9.17, 15) is 0 Å². The summed E-state index contributed by atoms with van der Waals surface area (Å²) in [6.45, 7) is 9.38. The van der Waals surface area contributed by atoms with Crippen LogP contribution in [0.5, 0.6) is 0 Å². The molecule has 5 heteroatoms. The van der Waals surface area contributed by atoms with E-state index in [-0.39, 0.29) is 5.41 Å². The highest BCUT2D eigenvalue weighted by Crippen LogP contribution is 2.27. The zero-order chi connectivity index (χ0) is 18.1. The summed E-state index contributed by atoms with van der Waals surface area (Å²) in [6, 6.07) is 10.4. The van der Waals surface area contributed by atoms with E-state index < -0.39 is 0 Å². The molecule has 0 amide bonds. The monoisotopic (exact) mass is 364 g/mol. The summed E-state index contributed by atoms with van der Waals surface area (Å²) in [5.41, 5.74) is 3.67. The van der Waals surface area contributed by atoms with Crippen LogP contribution in [-0.2, 0) is 24.9 Å². The standard InChI is InChI=1S/C21H24N4S/c1-21(2,3)20-23-11-16-13-25(10-9-18(16)24-20)14-17-12-22-19(26-17)15-7-5-4-6-8-15/h4-8,11-12H,9-10,13-14H2,1-3H3. The lowest BCUT2D eigenvalue weighted by molar-refractivity contribution is 0.244. The maximum absolute atomic E-state index is 4.82. The van der Waals surface area contributed by atoms with Gasteiger partial charge in [-0.3, -0.25) is 4.90 Å². The number of rotatable bonds is 3. The molecule has 0 saturated carbocycles. The van der Waals surface area contributed by atoms with E-state index in [1.807, 2.05) is 18.5 Å². The SMILES string of the molecule is CC(C)(C)c1ncc2c(n1)CCN(Cc1cnc(-c3ccccc3)s1)C2. The van der Waals surface area contributed by atoms with Gasteiger partial charge in [-0.2, -0.15) is 0 Å². The predicted octanol–water partition coefficient (Wildman–Crippen LogP) is 4.46. The second-order valence-corrected chi connectivity index (χ2v) is 8.99. The van der Waals surface area contributed by atoms with Gasteiger partial charge in [-0.1, -0.05) is 51.1 Å². The normalized spacial score (nSPS) is 15.0. The Morgan fingerprint density at radius 2 is 1.88 bits per heavy atom. The van der Waals surface area contributed by atoms with Gasteiger partial charge in [0.1, 0.15) is 10.8 Å². The third-order valence-electron chi connectivity index (χ3n) is 4.64. The van der Waals surface area contributed by atoms with Gasteiger partial charge in [0, 0.05) is 65.6 Å². The Hall–Kier alpha value is -2.11. The molecule has 1 aliphatic rings. The van der Waals surface area contributed by atoms with Gasteiger partial charge in [0.2, 0.25) is 0 Å². The largest absolute Gasteiger partial charge is 0.293 e. The zero-order valence-electron chi connectivity index (χ0n) is 15.6. The molecule has 1 aromatic carbocycles. The average Bonchev–Trinajstić information content (AvgIpc) is 3.10. The molecule has 0 N–H and O–H groups in total. The molecule has 0 saturated heterocycles. The van der Waals surface area contributed by atoms with E-state index in [4.69, 9.17) is 4.98 Å². The summed E-state index contributed by atoms with van der Waals surface area (Å²) in [7, 11) is 0. The lowest BCUT2D eigenvalue weighted by Gasteiger charge is -2.28. The Balaban J connectivity index is 1.46. The summed E-state index contributed by atoms with van der Waals surface area (Å²) < 4.78 is 0. The molecule has 0 fully saturated rings. The third-order valence-corrected chi connectivity index (χ3v) is 5.67. The highest BCUT2D eigenvalue weighted by molar-refractivity contribution is 7.15. The fourth-order valence-corrected chi connectivity index (χ4v) is 4.15. The molecule has 0 spiro atoms. The smallest absolute Gasteiger partial charge is 0.133 e. The first-order valence-electron chi connectivity index (χ1n) is 9.07. The molecule has 2 aromatic heterocycles. The summed E-state index contributed by atoms with van der Waals surface area (Å²) in [5.74, 6) is 0.944. The van der Waals surface area contributed by atoms with Crippen LogP contribution in [0.15, 0.2) is 42.7 Å². The number of benzene rings is 1. The minimum absolute atomic E-state index is 0.00262. The number of aromatic nitrogens is 3. The lowest BCUT2D eigenvalue weighted by Crippen LogP contribution is -2.31. The van der Waals surface area contributed by atoms with E-state index in [0.717, 1.165) is 36.9 Å². The van der Waals surface area contributed by atoms with Crippen molar-refractivity contribution in [3.05, 3.63) is 64.7 Å². The number of thiazole rings is 1. The Kier molecular flexibility index (Phi) is 4.59. The second kappa shape index (κ2) is 6.89. The molecule has 4 nitrogen and oxygen atoms in total. The van der Waals surface area contributed by atoms with Gasteiger partial charge in [-0.15, -0.1) is 11.3 Å². The molecule has 26 heavy (non-hydrogen) atoms. The molecule has 0 radical (unpaired) electrons. The molecule has 3 aromatic rings. The summed E-state index contributed by atoms with van der Waals surface area (Å²) in [6.07, 6.45) is 5.03. The van der Waals surface area contributed by atoms with E-state index in [1.165, 1.54) is 21.7 Å².